The first-order valence-electron chi connectivity index (χ1n) is 4.98. The average Bonchev–Trinajstić information content (AvgIpc) is 2.47. The second kappa shape index (κ2) is 4.04. The van der Waals surface area contributed by atoms with Gasteiger partial charge in [-0.15, -0.1) is 0 Å². The summed E-state index contributed by atoms with van der Waals surface area (Å²) in [5.41, 5.74) is -0.276. The molecule has 0 amide bonds. The average molecular weight is 211 g/mol. The van der Waals surface area contributed by atoms with E-state index in [2.05, 4.69) is 4.98 Å². The largest absolute Gasteiger partial charge is 0.455 e. The highest BCUT2D eigenvalue weighted by molar-refractivity contribution is 5.87. The number of carbonyl (C=O) groups excluding carboxylic acids is 1. The summed E-state index contributed by atoms with van der Waals surface area (Å²) in [5, 5.41) is 0. The third kappa shape index (κ3) is 3.38. The van der Waals surface area contributed by atoms with E-state index in [0.29, 0.717) is 5.89 Å². The molecule has 0 aliphatic rings. The van der Waals surface area contributed by atoms with Crippen molar-refractivity contribution in [1.82, 2.24) is 4.98 Å². The molecule has 0 aliphatic heterocycles. The van der Waals surface area contributed by atoms with Gasteiger partial charge in [-0.05, 0) is 20.8 Å². The summed E-state index contributed by atoms with van der Waals surface area (Å²) in [7, 11) is 0. The molecule has 1 aromatic rings. The Hall–Kier alpha value is -1.32. The molecule has 0 N–H and O–H groups in total. The van der Waals surface area contributed by atoms with Crippen LogP contribution in [0.5, 0.6) is 0 Å². The van der Waals surface area contributed by atoms with Crippen LogP contribution in [0.25, 0.3) is 0 Å². The summed E-state index contributed by atoms with van der Waals surface area (Å²) in [6.45, 7) is 9.34. The highest BCUT2D eigenvalue weighted by Gasteiger charge is 2.21. The summed E-state index contributed by atoms with van der Waals surface area (Å²) in [4.78, 5) is 15.6. The lowest BCUT2D eigenvalue weighted by atomic mass is 10.2. The van der Waals surface area contributed by atoms with Crippen molar-refractivity contribution < 1.29 is 13.9 Å². The van der Waals surface area contributed by atoms with Crippen molar-refractivity contribution in [2.45, 2.75) is 46.1 Å². The molecule has 0 bridgehead atoms. The highest BCUT2D eigenvalue weighted by atomic mass is 16.6. The number of ether oxygens (including phenoxy) is 1. The second-order valence-corrected chi connectivity index (χ2v) is 4.73. The van der Waals surface area contributed by atoms with Gasteiger partial charge in [-0.2, -0.15) is 0 Å². The van der Waals surface area contributed by atoms with Crippen molar-refractivity contribution in [3.63, 3.8) is 0 Å². The molecule has 0 radical (unpaired) electrons. The molecule has 0 saturated heterocycles. The van der Waals surface area contributed by atoms with Gasteiger partial charge in [0.05, 0.1) is 0 Å². The van der Waals surface area contributed by atoms with Crippen LogP contribution < -0.4 is 0 Å². The van der Waals surface area contributed by atoms with Gasteiger partial charge >= 0.3 is 5.97 Å². The van der Waals surface area contributed by atoms with Crippen molar-refractivity contribution in [2.24, 2.45) is 0 Å². The van der Waals surface area contributed by atoms with Crippen molar-refractivity contribution in [3.05, 3.63) is 17.8 Å². The first-order chi connectivity index (χ1) is 6.79. The van der Waals surface area contributed by atoms with E-state index in [9.17, 15) is 4.79 Å². The third-order valence-electron chi connectivity index (χ3n) is 1.62. The van der Waals surface area contributed by atoms with Crippen LogP contribution in [-0.4, -0.2) is 16.6 Å². The lowest BCUT2D eigenvalue weighted by Crippen LogP contribution is -2.24. The molecule has 0 saturated carbocycles. The number of hydrogen-bond donors (Lipinski definition) is 0. The number of nitrogens with zero attached hydrogens (tertiary/aromatic N) is 1. The van der Waals surface area contributed by atoms with Crippen LogP contribution in [0, 0.1) is 0 Å². The second-order valence-electron chi connectivity index (χ2n) is 4.73. The summed E-state index contributed by atoms with van der Waals surface area (Å²) in [6, 6.07) is 0. The monoisotopic (exact) mass is 211 g/mol. The van der Waals surface area contributed by atoms with Crippen LogP contribution in [0.3, 0.4) is 0 Å². The standard InChI is InChI=1S/C11H17NO3/c1-7(2)9-12-8(6-14-9)10(13)15-11(3,4)5/h6-7H,1-5H3. The fourth-order valence-electron chi connectivity index (χ4n) is 0.977. The third-order valence-corrected chi connectivity index (χ3v) is 1.62. The van der Waals surface area contributed by atoms with E-state index < -0.39 is 11.6 Å². The predicted octanol–water partition coefficient (Wildman–Crippen LogP) is 2.75. The van der Waals surface area contributed by atoms with E-state index in [1.165, 1.54) is 6.26 Å². The molecule has 0 aliphatic carbocycles. The van der Waals surface area contributed by atoms with E-state index in [1.807, 2.05) is 34.6 Å². The maximum atomic E-state index is 11.6. The van der Waals surface area contributed by atoms with Crippen LogP contribution in [0.1, 0.15) is 56.9 Å². The molecule has 0 aromatic carbocycles. The molecule has 0 unspecified atom stereocenters. The molecule has 4 nitrogen and oxygen atoms in total. The van der Waals surface area contributed by atoms with Crippen LogP contribution >= 0.6 is 0 Å². The Morgan fingerprint density at radius 1 is 1.47 bits per heavy atom. The van der Waals surface area contributed by atoms with E-state index in [1.54, 1.807) is 0 Å². The van der Waals surface area contributed by atoms with Crippen LogP contribution in [-0.2, 0) is 4.74 Å². The van der Waals surface area contributed by atoms with Gasteiger partial charge in [-0.1, -0.05) is 13.8 Å². The Morgan fingerprint density at radius 2 is 2.07 bits per heavy atom. The van der Waals surface area contributed by atoms with Gasteiger partial charge < -0.3 is 9.15 Å². The van der Waals surface area contributed by atoms with Gasteiger partial charge in [0.2, 0.25) is 0 Å². The number of aromatic nitrogens is 1. The minimum atomic E-state index is -0.506. The maximum Gasteiger partial charge on any atom is 0.360 e. The minimum absolute atomic E-state index is 0.168. The van der Waals surface area contributed by atoms with Gasteiger partial charge in [0.15, 0.2) is 11.6 Å². The first kappa shape index (κ1) is 11.8. The fraction of sp³-hybridized carbons (Fsp3) is 0.636. The van der Waals surface area contributed by atoms with Crippen molar-refractivity contribution in [2.75, 3.05) is 0 Å². The summed E-state index contributed by atoms with van der Waals surface area (Å²) >= 11 is 0. The van der Waals surface area contributed by atoms with Gasteiger partial charge in [-0.3, -0.25) is 0 Å². The highest BCUT2D eigenvalue weighted by Crippen LogP contribution is 2.16. The molecule has 0 spiro atoms. The van der Waals surface area contributed by atoms with Gasteiger partial charge in [0, 0.05) is 5.92 Å². The Kier molecular flexibility index (Phi) is 3.17. The molecule has 0 atom stereocenters. The Labute approximate surface area is 89.6 Å². The molecule has 15 heavy (non-hydrogen) atoms. The molecule has 4 heteroatoms. The summed E-state index contributed by atoms with van der Waals surface area (Å²) < 4.78 is 10.3. The van der Waals surface area contributed by atoms with Gasteiger partial charge in [-0.25, -0.2) is 9.78 Å². The van der Waals surface area contributed by atoms with Crippen LogP contribution in [0.2, 0.25) is 0 Å². The lowest BCUT2D eigenvalue weighted by molar-refractivity contribution is 0.00628. The molecular weight excluding hydrogens is 194 g/mol. The number of oxazole rings is 1. The van der Waals surface area contributed by atoms with E-state index in [-0.39, 0.29) is 11.6 Å². The molecule has 1 aromatic heterocycles. The normalized spacial score (nSPS) is 11.9. The van der Waals surface area contributed by atoms with Gasteiger partial charge in [0.25, 0.3) is 0 Å². The van der Waals surface area contributed by atoms with Crippen molar-refractivity contribution >= 4 is 5.97 Å². The molecule has 1 rings (SSSR count). The number of hydrogen-bond acceptors (Lipinski definition) is 4. The molecule has 1 heterocycles. The van der Waals surface area contributed by atoms with Crippen molar-refractivity contribution in [3.8, 4) is 0 Å². The quantitative estimate of drug-likeness (QED) is 0.706. The topological polar surface area (TPSA) is 52.3 Å². The van der Waals surface area contributed by atoms with Crippen LogP contribution in [0.15, 0.2) is 10.7 Å². The van der Waals surface area contributed by atoms with Crippen molar-refractivity contribution in [1.29, 1.82) is 0 Å². The maximum absolute atomic E-state index is 11.6. The lowest BCUT2D eigenvalue weighted by Gasteiger charge is -2.18. The molecule has 84 valence electrons. The number of esters is 1. The minimum Gasteiger partial charge on any atom is -0.455 e. The summed E-state index contributed by atoms with van der Waals surface area (Å²) in [6.07, 6.45) is 1.34. The van der Waals surface area contributed by atoms with E-state index >= 15 is 0 Å². The summed E-state index contributed by atoms with van der Waals surface area (Å²) in [5.74, 6) is 0.273. The zero-order valence-electron chi connectivity index (χ0n) is 9.83. The zero-order chi connectivity index (χ0) is 11.6. The van der Waals surface area contributed by atoms with E-state index in [0.717, 1.165) is 0 Å². The SMILES string of the molecule is CC(C)c1nc(C(=O)OC(C)(C)C)co1. The number of rotatable bonds is 2. The first-order valence-corrected chi connectivity index (χ1v) is 4.98. The van der Waals surface area contributed by atoms with E-state index in [4.69, 9.17) is 9.15 Å². The number of carbonyl (C=O) groups is 1. The molecule has 0 fully saturated rings. The predicted molar refractivity (Wildman–Crippen MR) is 55.8 cm³/mol. The smallest absolute Gasteiger partial charge is 0.360 e. The zero-order valence-corrected chi connectivity index (χ0v) is 9.83. The fourth-order valence-corrected chi connectivity index (χ4v) is 0.977. The Bertz CT molecular complexity index is 347. The van der Waals surface area contributed by atoms with Crippen LogP contribution in [0.4, 0.5) is 0 Å². The van der Waals surface area contributed by atoms with Gasteiger partial charge in [0.1, 0.15) is 11.9 Å². The Morgan fingerprint density at radius 3 is 2.47 bits per heavy atom. The Balaban J connectivity index is 2.75. The molecular formula is C11H17NO3.